The molecule has 0 radical (unpaired) electrons. The van der Waals surface area contributed by atoms with E-state index in [4.69, 9.17) is 17.0 Å². The number of hydrogen-bond donors (Lipinski definition) is 1. The molecule has 146 valence electrons. The summed E-state index contributed by atoms with van der Waals surface area (Å²) in [5.74, 6) is 0.885. The standard InChI is InChI=1S/C21H25N5OS/c1-15-4-11-20(16(2)12-15)26-21(28)25(22-23-26)14-24(18-7-8-18)13-17-5-9-19(27-3)10-6-17/h4-6,9-12,18H,7-8,13-14H2,1-3H3/p+1. The van der Waals surface area contributed by atoms with Crippen LogP contribution in [-0.2, 0) is 13.2 Å². The number of nitrogens with one attached hydrogen (secondary N) is 1. The van der Waals surface area contributed by atoms with Crippen molar-refractivity contribution < 1.29 is 9.64 Å². The number of tetrazole rings is 1. The van der Waals surface area contributed by atoms with Crippen molar-refractivity contribution in [3.8, 4) is 11.4 Å². The third-order valence-corrected chi connectivity index (χ3v) is 5.70. The summed E-state index contributed by atoms with van der Waals surface area (Å²) in [6.07, 6.45) is 2.51. The predicted molar refractivity (Wildman–Crippen MR) is 110 cm³/mol. The van der Waals surface area contributed by atoms with E-state index >= 15 is 0 Å². The molecule has 2 aromatic carbocycles. The molecule has 1 N–H and O–H groups in total. The highest BCUT2D eigenvalue weighted by atomic mass is 32.1. The molecular weight excluding hydrogens is 370 g/mol. The molecule has 1 atom stereocenters. The van der Waals surface area contributed by atoms with Crippen molar-refractivity contribution in [1.82, 2.24) is 19.8 Å². The number of nitrogens with zero attached hydrogens (tertiary/aromatic N) is 4. The molecule has 28 heavy (non-hydrogen) atoms. The van der Waals surface area contributed by atoms with E-state index in [1.54, 1.807) is 11.8 Å². The molecule has 0 spiro atoms. The maximum atomic E-state index is 5.69. The van der Waals surface area contributed by atoms with Crippen molar-refractivity contribution in [2.45, 2.75) is 45.9 Å². The highest BCUT2D eigenvalue weighted by molar-refractivity contribution is 7.71. The van der Waals surface area contributed by atoms with E-state index in [0.29, 0.717) is 10.8 Å². The summed E-state index contributed by atoms with van der Waals surface area (Å²) in [6.45, 7) is 5.82. The molecule has 1 heterocycles. The molecule has 1 fully saturated rings. The minimum Gasteiger partial charge on any atom is -0.497 e. The van der Waals surface area contributed by atoms with Crippen molar-refractivity contribution in [1.29, 1.82) is 0 Å². The molecule has 0 saturated heterocycles. The normalized spacial score (nSPS) is 14.8. The fourth-order valence-corrected chi connectivity index (χ4v) is 3.82. The average Bonchev–Trinajstić information content (AvgIpc) is 3.48. The fraction of sp³-hybridized carbons (Fsp3) is 0.381. The van der Waals surface area contributed by atoms with E-state index in [2.05, 4.69) is 54.6 Å². The second-order valence-electron chi connectivity index (χ2n) is 7.58. The van der Waals surface area contributed by atoms with E-state index in [0.717, 1.165) is 30.2 Å². The number of methoxy groups -OCH3 is 1. The second-order valence-corrected chi connectivity index (χ2v) is 7.94. The Hall–Kier alpha value is -2.51. The molecule has 7 heteroatoms. The zero-order valence-electron chi connectivity index (χ0n) is 16.6. The average molecular weight is 397 g/mol. The Labute approximate surface area is 170 Å². The Morgan fingerprint density at radius 3 is 2.50 bits per heavy atom. The lowest BCUT2D eigenvalue weighted by atomic mass is 10.1. The largest absolute Gasteiger partial charge is 0.497 e. The SMILES string of the molecule is COc1ccc(C[NH+](Cn2nnn(-c3ccc(C)cc3C)c2=S)C2CC2)cc1. The molecule has 3 aromatic rings. The van der Waals surface area contributed by atoms with Gasteiger partial charge in [-0.25, -0.2) is 0 Å². The van der Waals surface area contributed by atoms with Crippen molar-refractivity contribution >= 4 is 12.2 Å². The van der Waals surface area contributed by atoms with Crippen LogP contribution in [-0.4, -0.2) is 32.9 Å². The number of aryl methyl sites for hydroxylation is 2. The van der Waals surface area contributed by atoms with Gasteiger partial charge in [0.2, 0.25) is 4.77 Å². The van der Waals surface area contributed by atoms with Gasteiger partial charge in [0.1, 0.15) is 12.3 Å². The van der Waals surface area contributed by atoms with Crippen LogP contribution in [0.3, 0.4) is 0 Å². The van der Waals surface area contributed by atoms with Gasteiger partial charge < -0.3 is 9.64 Å². The minimum atomic E-state index is 0.639. The van der Waals surface area contributed by atoms with Crippen molar-refractivity contribution in [2.75, 3.05) is 7.11 Å². The first kappa shape index (κ1) is 18.8. The molecular formula is C21H26N5OS+. The molecule has 4 rings (SSSR count). The van der Waals surface area contributed by atoms with Gasteiger partial charge in [0, 0.05) is 18.4 Å². The Kier molecular flexibility index (Phi) is 5.28. The molecule has 0 aliphatic heterocycles. The van der Waals surface area contributed by atoms with Crippen molar-refractivity contribution in [3.05, 3.63) is 63.9 Å². The predicted octanol–water partition coefficient (Wildman–Crippen LogP) is 2.63. The maximum absolute atomic E-state index is 5.69. The van der Waals surface area contributed by atoms with Gasteiger partial charge in [-0.2, -0.15) is 9.36 Å². The van der Waals surface area contributed by atoms with Gasteiger partial charge in [-0.3, -0.25) is 0 Å². The Bertz CT molecular complexity index is 1020. The van der Waals surface area contributed by atoms with E-state index in [-0.39, 0.29) is 0 Å². The Morgan fingerprint density at radius 1 is 1.11 bits per heavy atom. The van der Waals surface area contributed by atoms with Crippen LogP contribution in [0.2, 0.25) is 0 Å². The molecule has 0 bridgehead atoms. The second kappa shape index (κ2) is 7.85. The zero-order chi connectivity index (χ0) is 19.7. The van der Waals surface area contributed by atoms with Gasteiger partial charge in [0.25, 0.3) is 0 Å². The lowest BCUT2D eigenvalue weighted by Crippen LogP contribution is -3.11. The van der Waals surface area contributed by atoms with E-state index in [9.17, 15) is 0 Å². The van der Waals surface area contributed by atoms with E-state index in [1.807, 2.05) is 16.8 Å². The Morgan fingerprint density at radius 2 is 1.86 bits per heavy atom. The lowest BCUT2D eigenvalue weighted by Gasteiger charge is -2.18. The van der Waals surface area contributed by atoms with Gasteiger partial charge in [0.05, 0.1) is 18.8 Å². The van der Waals surface area contributed by atoms with E-state index < -0.39 is 0 Å². The quantitative estimate of drug-likeness (QED) is 0.624. The molecule has 1 saturated carbocycles. The summed E-state index contributed by atoms with van der Waals surface area (Å²) in [7, 11) is 1.69. The zero-order valence-corrected chi connectivity index (χ0v) is 17.4. The van der Waals surface area contributed by atoms with Crippen LogP contribution in [0.4, 0.5) is 0 Å². The molecule has 1 aliphatic carbocycles. The maximum Gasteiger partial charge on any atom is 0.225 e. The van der Waals surface area contributed by atoms with E-state index in [1.165, 1.54) is 28.9 Å². The minimum absolute atomic E-state index is 0.639. The first-order valence-electron chi connectivity index (χ1n) is 9.63. The fourth-order valence-electron chi connectivity index (χ4n) is 3.59. The summed E-state index contributed by atoms with van der Waals surface area (Å²) in [6, 6.07) is 15.2. The summed E-state index contributed by atoms with van der Waals surface area (Å²) in [5, 5.41) is 8.69. The monoisotopic (exact) mass is 396 g/mol. The van der Waals surface area contributed by atoms with Crippen LogP contribution >= 0.6 is 12.2 Å². The van der Waals surface area contributed by atoms with Crippen molar-refractivity contribution in [2.24, 2.45) is 0 Å². The van der Waals surface area contributed by atoms with Crippen LogP contribution in [0.15, 0.2) is 42.5 Å². The number of rotatable bonds is 7. The third-order valence-electron chi connectivity index (χ3n) is 5.32. The lowest BCUT2D eigenvalue weighted by molar-refractivity contribution is -0.947. The molecule has 1 aromatic heterocycles. The highest BCUT2D eigenvalue weighted by Crippen LogP contribution is 2.18. The van der Waals surface area contributed by atoms with Gasteiger partial charge in [-0.15, -0.1) is 0 Å². The molecule has 1 aliphatic rings. The topological polar surface area (TPSA) is 49.3 Å². The van der Waals surface area contributed by atoms with Gasteiger partial charge in [-0.05, 0) is 72.4 Å². The van der Waals surface area contributed by atoms with Crippen molar-refractivity contribution in [3.63, 3.8) is 0 Å². The smallest absolute Gasteiger partial charge is 0.225 e. The van der Waals surface area contributed by atoms with Crippen LogP contribution in [0.1, 0.15) is 29.5 Å². The third kappa shape index (κ3) is 4.00. The van der Waals surface area contributed by atoms with Crippen LogP contribution in [0, 0.1) is 18.6 Å². The number of quaternary nitrogens is 1. The number of hydrogen-bond acceptors (Lipinski definition) is 4. The summed E-state index contributed by atoms with van der Waals surface area (Å²) in [4.78, 5) is 1.47. The van der Waals surface area contributed by atoms with Gasteiger partial charge in [-0.1, -0.05) is 17.7 Å². The van der Waals surface area contributed by atoms with Gasteiger partial charge in [0.15, 0.2) is 6.67 Å². The molecule has 1 unspecified atom stereocenters. The van der Waals surface area contributed by atoms with Crippen LogP contribution < -0.4 is 9.64 Å². The van der Waals surface area contributed by atoms with Crippen LogP contribution in [0.5, 0.6) is 5.75 Å². The van der Waals surface area contributed by atoms with Crippen LogP contribution in [0.25, 0.3) is 5.69 Å². The summed E-state index contributed by atoms with van der Waals surface area (Å²) >= 11 is 5.69. The first-order valence-corrected chi connectivity index (χ1v) is 10.0. The highest BCUT2D eigenvalue weighted by Gasteiger charge is 2.34. The number of ether oxygens (including phenoxy) is 1. The van der Waals surface area contributed by atoms with Gasteiger partial charge >= 0.3 is 0 Å². The number of aromatic nitrogens is 4. The molecule has 6 nitrogen and oxygen atoms in total. The first-order chi connectivity index (χ1) is 13.5. The number of benzene rings is 2. The molecule has 0 amide bonds. The summed E-state index contributed by atoms with van der Waals surface area (Å²) in [5.41, 5.74) is 4.65. The summed E-state index contributed by atoms with van der Waals surface area (Å²) < 4.78 is 9.52. The Balaban J connectivity index is 1.55.